The van der Waals surface area contributed by atoms with E-state index in [1.165, 1.54) is 17.0 Å². The predicted molar refractivity (Wildman–Crippen MR) is 86.0 cm³/mol. The monoisotopic (exact) mass is 360 g/mol. The number of ether oxygens (including phenoxy) is 2. The normalized spacial score (nSPS) is 10.4. The number of benzene rings is 1. The summed E-state index contributed by atoms with van der Waals surface area (Å²) in [5.41, 5.74) is 0.674. The number of hydrogen-bond acceptors (Lipinski definition) is 4. The molecule has 0 saturated heterocycles. The molecule has 0 bridgehead atoms. The zero-order chi connectivity index (χ0) is 18.8. The van der Waals surface area contributed by atoms with Gasteiger partial charge in [0, 0.05) is 26.6 Å². The number of amides is 2. The summed E-state index contributed by atoms with van der Waals surface area (Å²) >= 11 is 0. The minimum absolute atomic E-state index is 0.0205. The molecule has 1 aromatic carbocycles. The highest BCUT2D eigenvalue weighted by Gasteiger charge is 2.14. The smallest absolute Gasteiger partial charge is 0.387 e. The van der Waals surface area contributed by atoms with E-state index in [-0.39, 0.29) is 43.6 Å². The summed E-state index contributed by atoms with van der Waals surface area (Å²) in [6.07, 6.45) is 0.316. The van der Waals surface area contributed by atoms with Crippen molar-refractivity contribution in [3.05, 3.63) is 23.8 Å². The van der Waals surface area contributed by atoms with E-state index >= 15 is 0 Å². The Morgan fingerprint density at radius 2 is 2.04 bits per heavy atom. The molecule has 25 heavy (non-hydrogen) atoms. The van der Waals surface area contributed by atoms with Gasteiger partial charge < -0.3 is 24.8 Å². The third-order valence-corrected chi connectivity index (χ3v) is 3.13. The van der Waals surface area contributed by atoms with Crippen LogP contribution in [0, 0.1) is 0 Å². The summed E-state index contributed by atoms with van der Waals surface area (Å²) in [4.78, 5) is 23.7. The van der Waals surface area contributed by atoms with Crippen LogP contribution >= 0.6 is 0 Å². The number of carboxylic acid groups (broad SMARTS) is 1. The Kier molecular flexibility index (Phi) is 8.45. The highest BCUT2D eigenvalue weighted by molar-refractivity contribution is 5.74. The van der Waals surface area contributed by atoms with Gasteiger partial charge in [-0.25, -0.2) is 4.79 Å². The zero-order valence-electron chi connectivity index (χ0n) is 14.1. The highest BCUT2D eigenvalue weighted by Crippen LogP contribution is 2.30. The van der Waals surface area contributed by atoms with Crippen molar-refractivity contribution < 1.29 is 33.0 Å². The quantitative estimate of drug-likeness (QED) is 0.627. The van der Waals surface area contributed by atoms with Crippen molar-refractivity contribution in [2.24, 2.45) is 0 Å². The Morgan fingerprint density at radius 1 is 1.32 bits per heavy atom. The van der Waals surface area contributed by atoms with Gasteiger partial charge in [-0.1, -0.05) is 6.07 Å². The topological polar surface area (TPSA) is 88.1 Å². The van der Waals surface area contributed by atoms with E-state index in [9.17, 15) is 18.4 Å². The number of carboxylic acids is 1. The van der Waals surface area contributed by atoms with Crippen LogP contribution in [-0.2, 0) is 11.3 Å². The molecule has 2 N–H and O–H groups in total. The zero-order valence-corrected chi connectivity index (χ0v) is 14.1. The van der Waals surface area contributed by atoms with E-state index < -0.39 is 12.6 Å². The Balaban J connectivity index is 2.63. The van der Waals surface area contributed by atoms with Crippen LogP contribution in [0.4, 0.5) is 13.6 Å². The van der Waals surface area contributed by atoms with Crippen LogP contribution in [-0.4, -0.2) is 48.8 Å². The fourth-order valence-corrected chi connectivity index (χ4v) is 2.03. The number of halogens is 2. The second-order valence-corrected chi connectivity index (χ2v) is 5.18. The van der Waals surface area contributed by atoms with Gasteiger partial charge in [-0.05, 0) is 31.0 Å². The lowest BCUT2D eigenvalue weighted by Crippen LogP contribution is -2.37. The number of nitrogens with one attached hydrogen (secondary N) is 1. The first-order valence-corrected chi connectivity index (χ1v) is 7.74. The molecule has 0 unspecified atom stereocenters. The summed E-state index contributed by atoms with van der Waals surface area (Å²) in [6, 6.07) is 4.10. The third-order valence-electron chi connectivity index (χ3n) is 3.13. The van der Waals surface area contributed by atoms with Gasteiger partial charge >= 0.3 is 18.6 Å². The van der Waals surface area contributed by atoms with E-state index in [0.29, 0.717) is 12.0 Å². The maximum Gasteiger partial charge on any atom is 0.387 e. The van der Waals surface area contributed by atoms with Crippen molar-refractivity contribution in [2.45, 2.75) is 32.9 Å². The van der Waals surface area contributed by atoms with E-state index in [1.807, 2.05) is 0 Å². The van der Waals surface area contributed by atoms with Crippen LogP contribution in [0.1, 0.15) is 25.3 Å². The van der Waals surface area contributed by atoms with Crippen molar-refractivity contribution in [3.63, 3.8) is 0 Å². The second-order valence-electron chi connectivity index (χ2n) is 5.18. The highest BCUT2D eigenvalue weighted by atomic mass is 19.3. The van der Waals surface area contributed by atoms with Crippen molar-refractivity contribution in [2.75, 3.05) is 20.2 Å². The van der Waals surface area contributed by atoms with Gasteiger partial charge in [0.2, 0.25) is 0 Å². The van der Waals surface area contributed by atoms with Crippen LogP contribution in [0.5, 0.6) is 11.5 Å². The molecule has 0 radical (unpaired) electrons. The van der Waals surface area contributed by atoms with Crippen LogP contribution in [0.15, 0.2) is 18.2 Å². The lowest BCUT2D eigenvalue weighted by atomic mass is 10.2. The first-order chi connectivity index (χ1) is 11.8. The lowest BCUT2D eigenvalue weighted by Gasteiger charge is -2.19. The molecule has 9 heteroatoms. The minimum Gasteiger partial charge on any atom is -0.490 e. The number of carbonyl (C=O) groups is 2. The van der Waals surface area contributed by atoms with E-state index in [2.05, 4.69) is 10.1 Å². The van der Waals surface area contributed by atoms with Crippen LogP contribution in [0.25, 0.3) is 0 Å². The third kappa shape index (κ3) is 7.69. The number of carbonyl (C=O) groups excluding carboxylic acids is 1. The van der Waals surface area contributed by atoms with Crippen molar-refractivity contribution in [1.29, 1.82) is 0 Å². The molecule has 0 spiro atoms. The molecule has 0 atom stereocenters. The molecule has 1 aromatic rings. The van der Waals surface area contributed by atoms with E-state index in [0.717, 1.165) is 0 Å². The summed E-state index contributed by atoms with van der Waals surface area (Å²) in [7, 11) is 1.57. The average molecular weight is 360 g/mol. The molecule has 0 fully saturated rings. The van der Waals surface area contributed by atoms with Gasteiger partial charge in [0.1, 0.15) is 0 Å². The first kappa shape index (κ1) is 20.5. The number of nitrogens with zero attached hydrogens (tertiary/aromatic N) is 1. The molecular formula is C16H22F2N2O5. The molecule has 0 aliphatic rings. The van der Waals surface area contributed by atoms with E-state index in [4.69, 9.17) is 9.84 Å². The average Bonchev–Trinajstić information content (AvgIpc) is 2.53. The van der Waals surface area contributed by atoms with Gasteiger partial charge in [0.15, 0.2) is 11.5 Å². The van der Waals surface area contributed by atoms with Gasteiger partial charge in [0.25, 0.3) is 0 Å². The molecule has 7 nitrogen and oxygen atoms in total. The number of rotatable bonds is 10. The standard InChI is InChI=1S/C16H22F2N2O5/c1-3-24-13-9-11(6-7-12(13)25-15(17)18)10-20(2)16(23)19-8-4-5-14(21)22/h6-7,9,15H,3-5,8,10H2,1-2H3,(H,19,23)(H,21,22). The van der Waals surface area contributed by atoms with Crippen molar-refractivity contribution in [1.82, 2.24) is 10.2 Å². The minimum atomic E-state index is -2.95. The van der Waals surface area contributed by atoms with Crippen LogP contribution in [0.3, 0.4) is 0 Å². The predicted octanol–water partition coefficient (Wildman–Crippen LogP) is 2.69. The van der Waals surface area contributed by atoms with Gasteiger partial charge in [-0.15, -0.1) is 0 Å². The number of urea groups is 1. The largest absolute Gasteiger partial charge is 0.490 e. The van der Waals surface area contributed by atoms with Gasteiger partial charge in [-0.2, -0.15) is 8.78 Å². The van der Waals surface area contributed by atoms with Crippen molar-refractivity contribution >= 4 is 12.0 Å². The first-order valence-electron chi connectivity index (χ1n) is 7.74. The number of alkyl halides is 2. The van der Waals surface area contributed by atoms with Crippen LogP contribution in [0.2, 0.25) is 0 Å². The second kappa shape index (κ2) is 10.3. The summed E-state index contributed by atoms with van der Waals surface area (Å²) in [6.45, 7) is -0.483. The number of hydrogen-bond donors (Lipinski definition) is 2. The molecular weight excluding hydrogens is 338 g/mol. The molecule has 0 aliphatic heterocycles. The fraction of sp³-hybridized carbons (Fsp3) is 0.500. The maximum atomic E-state index is 12.4. The molecule has 1 rings (SSSR count). The van der Waals surface area contributed by atoms with E-state index in [1.54, 1.807) is 20.0 Å². The van der Waals surface area contributed by atoms with Crippen LogP contribution < -0.4 is 14.8 Å². The SMILES string of the molecule is CCOc1cc(CN(C)C(=O)NCCCC(=O)O)ccc1OC(F)F. The Labute approximate surface area is 144 Å². The Morgan fingerprint density at radius 3 is 2.64 bits per heavy atom. The molecule has 140 valence electrons. The van der Waals surface area contributed by atoms with Gasteiger partial charge in [0.05, 0.1) is 6.61 Å². The fourth-order valence-electron chi connectivity index (χ4n) is 2.03. The summed E-state index contributed by atoms with van der Waals surface area (Å²) in [5, 5.41) is 11.1. The molecule has 0 saturated carbocycles. The van der Waals surface area contributed by atoms with Gasteiger partial charge in [-0.3, -0.25) is 4.79 Å². The summed E-state index contributed by atoms with van der Waals surface area (Å²) in [5.74, 6) is -0.811. The molecule has 0 heterocycles. The number of aliphatic carboxylic acids is 1. The molecule has 2 amide bonds. The Hall–Kier alpha value is -2.58. The summed E-state index contributed by atoms with van der Waals surface area (Å²) < 4.78 is 34.4. The molecule has 0 aliphatic carbocycles. The molecule has 0 aromatic heterocycles. The Bertz CT molecular complexity index is 584. The maximum absolute atomic E-state index is 12.4. The van der Waals surface area contributed by atoms with Crippen molar-refractivity contribution in [3.8, 4) is 11.5 Å². The lowest BCUT2D eigenvalue weighted by molar-refractivity contribution is -0.137.